The molecule has 0 bridgehead atoms. The third kappa shape index (κ3) is 2.46. The van der Waals surface area contributed by atoms with Crippen molar-refractivity contribution in [2.24, 2.45) is 0 Å². The van der Waals surface area contributed by atoms with E-state index in [2.05, 4.69) is 81.1 Å². The van der Waals surface area contributed by atoms with Crippen LogP contribution in [-0.4, -0.2) is 0 Å². The lowest BCUT2D eigenvalue weighted by Gasteiger charge is -2.08. The van der Waals surface area contributed by atoms with Crippen molar-refractivity contribution < 1.29 is 0 Å². The summed E-state index contributed by atoms with van der Waals surface area (Å²) in [6.45, 7) is 10.7. The molecule has 1 unspecified atom stereocenters. The van der Waals surface area contributed by atoms with Gasteiger partial charge in [0.25, 0.3) is 0 Å². The minimum atomic E-state index is 0.401. The molecular formula is C22H22. The van der Waals surface area contributed by atoms with E-state index in [1.165, 1.54) is 39.0 Å². The second-order valence-corrected chi connectivity index (χ2v) is 6.02. The second-order valence-electron chi connectivity index (χ2n) is 6.02. The van der Waals surface area contributed by atoms with Crippen LogP contribution in [0.5, 0.6) is 0 Å². The van der Waals surface area contributed by atoms with Gasteiger partial charge in [-0.05, 0) is 53.3 Å². The molecule has 110 valence electrons. The highest BCUT2D eigenvalue weighted by atomic mass is 14.3. The van der Waals surface area contributed by atoms with Gasteiger partial charge in [0.2, 0.25) is 0 Å². The van der Waals surface area contributed by atoms with Crippen molar-refractivity contribution >= 4 is 5.57 Å². The average molecular weight is 286 g/mol. The summed E-state index contributed by atoms with van der Waals surface area (Å²) in [5.41, 5.74) is 9.05. The fraction of sp³-hybridized carbons (Fsp3) is 0.182. The van der Waals surface area contributed by atoms with Gasteiger partial charge in [-0.15, -0.1) is 0 Å². The summed E-state index contributed by atoms with van der Waals surface area (Å²) in [7, 11) is 0. The van der Waals surface area contributed by atoms with Gasteiger partial charge in [0.1, 0.15) is 0 Å². The minimum Gasteiger partial charge on any atom is -0.0946 e. The van der Waals surface area contributed by atoms with Gasteiger partial charge in [-0.3, -0.25) is 0 Å². The van der Waals surface area contributed by atoms with E-state index in [1.54, 1.807) is 0 Å². The molecular weight excluding hydrogens is 264 g/mol. The highest BCUT2D eigenvalue weighted by Crippen LogP contribution is 2.45. The van der Waals surface area contributed by atoms with Crippen LogP contribution in [0, 0.1) is 6.92 Å². The summed E-state index contributed by atoms with van der Waals surface area (Å²) in [6, 6.07) is 15.5. The Balaban J connectivity index is 2.14. The van der Waals surface area contributed by atoms with Crippen molar-refractivity contribution in [3.63, 3.8) is 0 Å². The Kier molecular flexibility index (Phi) is 3.85. The Labute approximate surface area is 133 Å². The molecule has 0 amide bonds. The van der Waals surface area contributed by atoms with E-state index in [1.807, 2.05) is 6.92 Å². The summed E-state index contributed by atoms with van der Waals surface area (Å²) in [5.74, 6) is 0.401. The summed E-state index contributed by atoms with van der Waals surface area (Å²) in [6.07, 6.45) is 6.35. The molecule has 0 radical (unpaired) electrons. The molecule has 2 aromatic rings. The first-order chi connectivity index (χ1) is 10.6. The molecule has 1 aliphatic rings. The largest absolute Gasteiger partial charge is 0.0946 e. The Bertz CT molecular complexity index is 787. The van der Waals surface area contributed by atoms with E-state index in [0.29, 0.717) is 5.92 Å². The third-order valence-corrected chi connectivity index (χ3v) is 4.49. The molecule has 1 aliphatic carbocycles. The fourth-order valence-electron chi connectivity index (χ4n) is 3.15. The van der Waals surface area contributed by atoms with Crippen molar-refractivity contribution in [1.29, 1.82) is 0 Å². The lowest BCUT2D eigenvalue weighted by Crippen LogP contribution is -1.88. The Morgan fingerprint density at radius 3 is 2.55 bits per heavy atom. The first-order valence-corrected chi connectivity index (χ1v) is 7.85. The molecule has 0 fully saturated rings. The summed E-state index contributed by atoms with van der Waals surface area (Å²) in [4.78, 5) is 0. The normalized spacial score (nSPS) is 19.1. The molecule has 3 rings (SSSR count). The Morgan fingerprint density at radius 2 is 1.82 bits per heavy atom. The Morgan fingerprint density at radius 1 is 1.05 bits per heavy atom. The smallest absolute Gasteiger partial charge is 0.00674 e. The number of hydrogen-bond donors (Lipinski definition) is 0. The zero-order valence-electron chi connectivity index (χ0n) is 13.6. The van der Waals surface area contributed by atoms with E-state index in [4.69, 9.17) is 0 Å². The third-order valence-electron chi connectivity index (χ3n) is 4.49. The maximum absolute atomic E-state index is 4.30. The zero-order valence-corrected chi connectivity index (χ0v) is 13.6. The van der Waals surface area contributed by atoms with E-state index in [9.17, 15) is 0 Å². The zero-order chi connectivity index (χ0) is 15.7. The molecule has 0 nitrogen and oxygen atoms in total. The topological polar surface area (TPSA) is 0 Å². The van der Waals surface area contributed by atoms with Crippen molar-refractivity contribution in [2.45, 2.75) is 26.7 Å². The molecule has 0 heterocycles. The van der Waals surface area contributed by atoms with Crippen LogP contribution in [0.3, 0.4) is 0 Å². The molecule has 1 atom stereocenters. The molecule has 0 saturated heterocycles. The van der Waals surface area contributed by atoms with Gasteiger partial charge < -0.3 is 0 Å². The van der Waals surface area contributed by atoms with Crippen LogP contribution >= 0.6 is 0 Å². The van der Waals surface area contributed by atoms with Crippen LogP contribution in [-0.2, 0) is 0 Å². The van der Waals surface area contributed by atoms with Crippen LogP contribution in [0.1, 0.15) is 36.5 Å². The standard InChI is InChI=1S/C22H22/c1-5-6-10-20-16(3)17(4)21-12-11-19(14-22(20)21)18-9-7-8-15(2)13-18/h5-14,17H,3H2,1-2,4H3/b6-5-,20-10+. The van der Waals surface area contributed by atoms with Gasteiger partial charge in [-0.1, -0.05) is 73.7 Å². The molecule has 0 spiro atoms. The molecule has 0 N–H and O–H groups in total. The van der Waals surface area contributed by atoms with Gasteiger partial charge in [-0.2, -0.15) is 0 Å². The van der Waals surface area contributed by atoms with Crippen LogP contribution in [0.15, 0.2) is 72.8 Å². The van der Waals surface area contributed by atoms with E-state index in [0.717, 1.165) is 0 Å². The molecule has 0 aromatic heterocycles. The van der Waals surface area contributed by atoms with Crippen LogP contribution in [0.25, 0.3) is 16.7 Å². The van der Waals surface area contributed by atoms with Crippen LogP contribution in [0.2, 0.25) is 0 Å². The second kappa shape index (κ2) is 5.81. The number of benzene rings is 2. The quantitative estimate of drug-likeness (QED) is 0.608. The summed E-state index contributed by atoms with van der Waals surface area (Å²) >= 11 is 0. The van der Waals surface area contributed by atoms with E-state index < -0.39 is 0 Å². The minimum absolute atomic E-state index is 0.401. The van der Waals surface area contributed by atoms with Gasteiger partial charge in [0.05, 0.1) is 0 Å². The van der Waals surface area contributed by atoms with Crippen molar-refractivity contribution in [1.82, 2.24) is 0 Å². The monoisotopic (exact) mass is 286 g/mol. The average Bonchev–Trinajstić information content (AvgIpc) is 2.76. The molecule has 2 aromatic carbocycles. The predicted octanol–water partition coefficient (Wildman–Crippen LogP) is 6.29. The summed E-state index contributed by atoms with van der Waals surface area (Å²) < 4.78 is 0. The lowest BCUT2D eigenvalue weighted by atomic mass is 9.96. The number of rotatable bonds is 2. The summed E-state index contributed by atoms with van der Waals surface area (Å²) in [5, 5.41) is 0. The molecule has 0 heteroatoms. The highest BCUT2D eigenvalue weighted by Gasteiger charge is 2.26. The first kappa shape index (κ1) is 14.6. The van der Waals surface area contributed by atoms with Crippen molar-refractivity contribution in [2.75, 3.05) is 0 Å². The number of aryl methyl sites for hydroxylation is 1. The maximum Gasteiger partial charge on any atom is 0.00674 e. The van der Waals surface area contributed by atoms with Crippen molar-refractivity contribution in [3.05, 3.63) is 89.5 Å². The van der Waals surface area contributed by atoms with Gasteiger partial charge >= 0.3 is 0 Å². The number of fused-ring (bicyclic) bond motifs is 1. The Hall–Kier alpha value is -2.34. The lowest BCUT2D eigenvalue weighted by molar-refractivity contribution is 0.963. The number of hydrogen-bond acceptors (Lipinski definition) is 0. The van der Waals surface area contributed by atoms with Gasteiger partial charge in [0.15, 0.2) is 0 Å². The predicted molar refractivity (Wildman–Crippen MR) is 97.0 cm³/mol. The molecule has 0 aliphatic heterocycles. The number of allylic oxidation sites excluding steroid dienone is 5. The van der Waals surface area contributed by atoms with Crippen LogP contribution < -0.4 is 0 Å². The first-order valence-electron chi connectivity index (χ1n) is 7.85. The highest BCUT2D eigenvalue weighted by molar-refractivity contribution is 5.89. The fourth-order valence-corrected chi connectivity index (χ4v) is 3.15. The SMILES string of the molecule is C=C1/C(=C\C=C/C)c2cc(-c3cccc(C)c3)ccc2C1C. The maximum atomic E-state index is 4.30. The van der Waals surface area contributed by atoms with Gasteiger partial charge in [-0.25, -0.2) is 0 Å². The van der Waals surface area contributed by atoms with E-state index in [-0.39, 0.29) is 0 Å². The van der Waals surface area contributed by atoms with Crippen LogP contribution in [0.4, 0.5) is 0 Å². The van der Waals surface area contributed by atoms with Crippen molar-refractivity contribution in [3.8, 4) is 11.1 Å². The molecule has 0 saturated carbocycles. The molecule has 22 heavy (non-hydrogen) atoms. The van der Waals surface area contributed by atoms with Gasteiger partial charge in [0, 0.05) is 5.92 Å². The van der Waals surface area contributed by atoms with E-state index >= 15 is 0 Å².